The highest BCUT2D eigenvalue weighted by Gasteiger charge is 2.21. The van der Waals surface area contributed by atoms with Crippen LogP contribution in [-0.2, 0) is 11.3 Å². The van der Waals surface area contributed by atoms with Crippen molar-refractivity contribution in [3.8, 4) is 0 Å². The van der Waals surface area contributed by atoms with Crippen LogP contribution >= 0.6 is 31.9 Å². The minimum Gasteiger partial charge on any atom is -0.372 e. The molecule has 0 N–H and O–H groups in total. The molecule has 1 aromatic carbocycles. The zero-order valence-electron chi connectivity index (χ0n) is 9.87. The van der Waals surface area contributed by atoms with Crippen molar-refractivity contribution in [1.82, 2.24) is 0 Å². The van der Waals surface area contributed by atoms with Crippen molar-refractivity contribution < 1.29 is 4.74 Å². The normalized spacial score (nSPS) is 25.5. The first-order valence-corrected chi connectivity index (χ1v) is 7.97. The van der Waals surface area contributed by atoms with E-state index in [9.17, 15) is 0 Å². The van der Waals surface area contributed by atoms with E-state index < -0.39 is 0 Å². The van der Waals surface area contributed by atoms with Crippen LogP contribution in [0.5, 0.6) is 0 Å². The van der Waals surface area contributed by atoms with Crippen LogP contribution < -0.4 is 0 Å². The highest BCUT2D eigenvalue weighted by Crippen LogP contribution is 2.26. The summed E-state index contributed by atoms with van der Waals surface area (Å²) in [4.78, 5) is 0.528. The fourth-order valence-electron chi connectivity index (χ4n) is 2.20. The Kier molecular flexibility index (Phi) is 5.51. The number of hydrogen-bond acceptors (Lipinski definition) is 1. The topological polar surface area (TPSA) is 9.23 Å². The molecule has 2 unspecified atom stereocenters. The molecule has 1 nitrogen and oxygen atoms in total. The predicted molar refractivity (Wildman–Crippen MR) is 78.5 cm³/mol. The summed E-state index contributed by atoms with van der Waals surface area (Å²) in [7, 11) is 0. The second-order valence-electron chi connectivity index (χ2n) is 4.63. The Morgan fingerprint density at radius 3 is 2.53 bits per heavy atom. The molecular weight excluding hydrogens is 344 g/mol. The van der Waals surface area contributed by atoms with E-state index in [0.717, 1.165) is 11.1 Å². The van der Waals surface area contributed by atoms with Crippen LogP contribution in [0.2, 0.25) is 0 Å². The number of rotatable bonds is 3. The van der Waals surface area contributed by atoms with Gasteiger partial charge in [0.25, 0.3) is 0 Å². The minimum absolute atomic E-state index is 0.376. The summed E-state index contributed by atoms with van der Waals surface area (Å²) < 4.78 is 7.16. The number of hydrogen-bond donors (Lipinski definition) is 0. The van der Waals surface area contributed by atoms with Crippen LogP contribution in [0.3, 0.4) is 0 Å². The van der Waals surface area contributed by atoms with E-state index in [1.807, 2.05) is 0 Å². The Bertz CT molecular complexity index is 337. The summed E-state index contributed by atoms with van der Waals surface area (Å²) in [6.07, 6.45) is 6.78. The Labute approximate surface area is 120 Å². The van der Waals surface area contributed by atoms with Crippen molar-refractivity contribution in [3.05, 3.63) is 34.3 Å². The van der Waals surface area contributed by atoms with Crippen molar-refractivity contribution in [2.24, 2.45) is 0 Å². The van der Waals surface area contributed by atoms with Crippen LogP contribution in [0.15, 0.2) is 28.7 Å². The molecule has 0 aromatic heterocycles. The third-order valence-electron chi connectivity index (χ3n) is 3.25. The zero-order valence-corrected chi connectivity index (χ0v) is 13.0. The Balaban J connectivity index is 1.85. The van der Waals surface area contributed by atoms with Crippen LogP contribution in [0.25, 0.3) is 0 Å². The van der Waals surface area contributed by atoms with Gasteiger partial charge in [0.15, 0.2) is 0 Å². The molecule has 1 saturated carbocycles. The maximum atomic E-state index is 6.04. The van der Waals surface area contributed by atoms with E-state index in [0.29, 0.717) is 10.9 Å². The van der Waals surface area contributed by atoms with Crippen LogP contribution in [0, 0.1) is 0 Å². The number of benzene rings is 1. The minimum atomic E-state index is 0.376. The van der Waals surface area contributed by atoms with Gasteiger partial charge in [0.05, 0.1) is 12.7 Å². The Morgan fingerprint density at radius 1 is 1.06 bits per heavy atom. The highest BCUT2D eigenvalue weighted by atomic mass is 79.9. The molecule has 2 rings (SSSR count). The fraction of sp³-hybridized carbons (Fsp3) is 0.571. The first-order chi connectivity index (χ1) is 8.25. The Morgan fingerprint density at radius 2 is 1.76 bits per heavy atom. The molecule has 1 aliphatic rings. The van der Waals surface area contributed by atoms with Crippen molar-refractivity contribution in [3.63, 3.8) is 0 Å². The van der Waals surface area contributed by atoms with Gasteiger partial charge in [0.1, 0.15) is 0 Å². The molecule has 0 bridgehead atoms. The Hall–Kier alpha value is 0.140. The number of alkyl halides is 1. The molecule has 0 aliphatic heterocycles. The predicted octanol–water partition coefficient (Wildman–Crippen LogP) is 5.06. The SMILES string of the molecule is Brc1ccc(COC2CCCCCC2Br)cc1. The van der Waals surface area contributed by atoms with Gasteiger partial charge in [-0.2, -0.15) is 0 Å². The quantitative estimate of drug-likeness (QED) is 0.540. The molecule has 94 valence electrons. The van der Waals surface area contributed by atoms with Gasteiger partial charge in [-0.1, -0.05) is 63.3 Å². The number of halogens is 2. The third-order valence-corrected chi connectivity index (χ3v) is 4.83. The molecule has 3 heteroatoms. The van der Waals surface area contributed by atoms with Crippen molar-refractivity contribution >= 4 is 31.9 Å². The molecule has 1 aliphatic carbocycles. The molecule has 0 spiro atoms. The first kappa shape index (κ1) is 13.6. The lowest BCUT2D eigenvalue weighted by molar-refractivity contribution is 0.0361. The maximum Gasteiger partial charge on any atom is 0.0721 e. The average Bonchev–Trinajstić information content (AvgIpc) is 2.54. The zero-order chi connectivity index (χ0) is 12.1. The third kappa shape index (κ3) is 4.38. The largest absolute Gasteiger partial charge is 0.372 e. The highest BCUT2D eigenvalue weighted by molar-refractivity contribution is 9.10. The fourth-order valence-corrected chi connectivity index (χ4v) is 3.21. The monoisotopic (exact) mass is 360 g/mol. The van der Waals surface area contributed by atoms with Gasteiger partial charge in [-0.3, -0.25) is 0 Å². The summed E-state index contributed by atoms with van der Waals surface area (Å²) in [5.74, 6) is 0. The van der Waals surface area contributed by atoms with Crippen LogP contribution in [0.4, 0.5) is 0 Å². The number of ether oxygens (including phenoxy) is 1. The summed E-state index contributed by atoms with van der Waals surface area (Å²) in [6.45, 7) is 0.722. The van der Waals surface area contributed by atoms with Crippen molar-refractivity contribution in [2.75, 3.05) is 0 Å². The van der Waals surface area contributed by atoms with Gasteiger partial charge in [-0.25, -0.2) is 0 Å². The second kappa shape index (κ2) is 6.91. The van der Waals surface area contributed by atoms with Crippen molar-refractivity contribution in [2.45, 2.75) is 49.6 Å². The van der Waals surface area contributed by atoms with Crippen LogP contribution in [0.1, 0.15) is 37.7 Å². The summed E-state index contributed by atoms with van der Waals surface area (Å²) in [6, 6.07) is 8.36. The summed E-state index contributed by atoms with van der Waals surface area (Å²) >= 11 is 7.20. The molecule has 0 amide bonds. The summed E-state index contributed by atoms with van der Waals surface area (Å²) in [5, 5.41) is 0. The van der Waals surface area contributed by atoms with E-state index in [-0.39, 0.29) is 0 Å². The first-order valence-electron chi connectivity index (χ1n) is 6.26. The molecule has 1 aromatic rings. The van der Waals surface area contributed by atoms with Crippen molar-refractivity contribution in [1.29, 1.82) is 0 Å². The van der Waals surface area contributed by atoms with E-state index in [4.69, 9.17) is 4.74 Å². The molecule has 17 heavy (non-hydrogen) atoms. The molecular formula is C14H18Br2O. The molecule has 0 radical (unpaired) electrons. The van der Waals surface area contributed by atoms with E-state index in [2.05, 4.69) is 56.1 Å². The van der Waals surface area contributed by atoms with Gasteiger partial charge >= 0.3 is 0 Å². The molecule has 0 saturated heterocycles. The smallest absolute Gasteiger partial charge is 0.0721 e. The van der Waals surface area contributed by atoms with E-state index in [1.165, 1.54) is 37.7 Å². The molecule has 0 heterocycles. The van der Waals surface area contributed by atoms with Gasteiger partial charge in [-0.05, 0) is 30.5 Å². The second-order valence-corrected chi connectivity index (χ2v) is 6.72. The average molecular weight is 362 g/mol. The lowest BCUT2D eigenvalue weighted by Crippen LogP contribution is -2.22. The summed E-state index contributed by atoms with van der Waals surface area (Å²) in [5.41, 5.74) is 1.25. The molecule has 1 fully saturated rings. The van der Waals surface area contributed by atoms with E-state index in [1.54, 1.807) is 0 Å². The lowest BCUT2D eigenvalue weighted by atomic mass is 10.1. The standard InChI is InChI=1S/C14H18Br2O/c15-12-8-6-11(7-9-12)10-17-14-5-3-1-2-4-13(14)16/h6-9,13-14H,1-5,10H2. The van der Waals surface area contributed by atoms with Gasteiger partial charge in [-0.15, -0.1) is 0 Å². The van der Waals surface area contributed by atoms with Gasteiger partial charge in [0, 0.05) is 9.30 Å². The van der Waals surface area contributed by atoms with E-state index >= 15 is 0 Å². The van der Waals surface area contributed by atoms with Crippen LogP contribution in [-0.4, -0.2) is 10.9 Å². The maximum absolute atomic E-state index is 6.04. The van der Waals surface area contributed by atoms with Gasteiger partial charge < -0.3 is 4.74 Å². The van der Waals surface area contributed by atoms with Gasteiger partial charge in [0.2, 0.25) is 0 Å². The molecule has 2 atom stereocenters. The lowest BCUT2D eigenvalue weighted by Gasteiger charge is -2.20.